The number of rotatable bonds is 4. The van der Waals surface area contributed by atoms with Crippen LogP contribution in [0.1, 0.15) is 11.1 Å². The standard InChI is InChI=1S/C15H18N2O/c1-17(11-13-4-8-15(18)9-5-13)14-6-2-12(10-16)3-7-14/h2-9,18H,10-11,16H2,1H3. The van der Waals surface area contributed by atoms with Crippen molar-refractivity contribution in [2.75, 3.05) is 11.9 Å². The van der Waals surface area contributed by atoms with Crippen molar-refractivity contribution >= 4 is 5.69 Å². The van der Waals surface area contributed by atoms with Gasteiger partial charge in [-0.2, -0.15) is 0 Å². The van der Waals surface area contributed by atoms with Crippen LogP contribution in [0.25, 0.3) is 0 Å². The molecule has 0 aliphatic rings. The monoisotopic (exact) mass is 242 g/mol. The Kier molecular flexibility index (Phi) is 3.85. The van der Waals surface area contributed by atoms with Crippen LogP contribution in [0.2, 0.25) is 0 Å². The first-order chi connectivity index (χ1) is 8.69. The molecule has 3 heteroatoms. The zero-order chi connectivity index (χ0) is 13.0. The number of aromatic hydroxyl groups is 1. The normalized spacial score (nSPS) is 10.3. The molecule has 0 bridgehead atoms. The van der Waals surface area contributed by atoms with Gasteiger partial charge in [0.25, 0.3) is 0 Å². The molecule has 0 radical (unpaired) electrons. The Morgan fingerprint density at radius 3 is 2.06 bits per heavy atom. The first-order valence-corrected chi connectivity index (χ1v) is 5.97. The molecule has 0 aliphatic carbocycles. The molecular weight excluding hydrogens is 224 g/mol. The van der Waals surface area contributed by atoms with E-state index in [-0.39, 0.29) is 0 Å². The molecule has 2 aromatic rings. The molecule has 0 atom stereocenters. The van der Waals surface area contributed by atoms with Gasteiger partial charge in [-0.15, -0.1) is 0 Å². The number of hydrogen-bond donors (Lipinski definition) is 2. The Morgan fingerprint density at radius 2 is 1.50 bits per heavy atom. The summed E-state index contributed by atoms with van der Waals surface area (Å²) in [6.45, 7) is 1.38. The Hall–Kier alpha value is -2.00. The summed E-state index contributed by atoms with van der Waals surface area (Å²) in [4.78, 5) is 2.16. The molecule has 3 nitrogen and oxygen atoms in total. The van der Waals surface area contributed by atoms with Crippen LogP contribution in [0.4, 0.5) is 5.69 Å². The highest BCUT2D eigenvalue weighted by Crippen LogP contribution is 2.17. The lowest BCUT2D eigenvalue weighted by atomic mass is 10.1. The summed E-state index contributed by atoms with van der Waals surface area (Å²) in [5.41, 5.74) is 9.03. The van der Waals surface area contributed by atoms with E-state index < -0.39 is 0 Å². The van der Waals surface area contributed by atoms with Gasteiger partial charge in [-0.25, -0.2) is 0 Å². The second kappa shape index (κ2) is 5.56. The van der Waals surface area contributed by atoms with Crippen molar-refractivity contribution in [2.24, 2.45) is 5.73 Å². The Labute approximate surface area is 107 Å². The van der Waals surface area contributed by atoms with E-state index in [2.05, 4.69) is 17.0 Å². The smallest absolute Gasteiger partial charge is 0.115 e. The van der Waals surface area contributed by atoms with Gasteiger partial charge in [-0.05, 0) is 35.4 Å². The van der Waals surface area contributed by atoms with Crippen molar-refractivity contribution in [1.82, 2.24) is 0 Å². The van der Waals surface area contributed by atoms with Gasteiger partial charge in [0.1, 0.15) is 5.75 Å². The SMILES string of the molecule is CN(Cc1ccc(O)cc1)c1ccc(CN)cc1. The summed E-state index contributed by atoms with van der Waals surface area (Å²) < 4.78 is 0. The van der Waals surface area contributed by atoms with Gasteiger partial charge in [0.2, 0.25) is 0 Å². The van der Waals surface area contributed by atoms with E-state index in [9.17, 15) is 5.11 Å². The van der Waals surface area contributed by atoms with Crippen LogP contribution in [-0.2, 0) is 13.1 Å². The molecule has 0 aromatic heterocycles. The Morgan fingerprint density at radius 1 is 0.944 bits per heavy atom. The Balaban J connectivity index is 2.06. The molecule has 0 unspecified atom stereocenters. The van der Waals surface area contributed by atoms with Crippen LogP contribution in [0.3, 0.4) is 0 Å². The summed E-state index contributed by atoms with van der Waals surface area (Å²) in [6, 6.07) is 15.5. The topological polar surface area (TPSA) is 49.5 Å². The summed E-state index contributed by atoms with van der Waals surface area (Å²) >= 11 is 0. The minimum Gasteiger partial charge on any atom is -0.508 e. The zero-order valence-corrected chi connectivity index (χ0v) is 10.5. The van der Waals surface area contributed by atoms with E-state index in [1.165, 1.54) is 5.56 Å². The molecular formula is C15H18N2O. The maximum absolute atomic E-state index is 9.24. The van der Waals surface area contributed by atoms with E-state index in [0.29, 0.717) is 12.3 Å². The molecule has 0 saturated heterocycles. The third-order valence-electron chi connectivity index (χ3n) is 2.97. The van der Waals surface area contributed by atoms with E-state index in [0.717, 1.165) is 17.8 Å². The maximum atomic E-state index is 9.24. The second-order valence-electron chi connectivity index (χ2n) is 4.39. The molecule has 0 heterocycles. The van der Waals surface area contributed by atoms with Crippen LogP contribution >= 0.6 is 0 Å². The fourth-order valence-electron chi connectivity index (χ4n) is 1.85. The molecule has 94 valence electrons. The quantitative estimate of drug-likeness (QED) is 0.866. The van der Waals surface area contributed by atoms with Crippen molar-refractivity contribution in [3.8, 4) is 5.75 Å². The molecule has 2 rings (SSSR count). The van der Waals surface area contributed by atoms with Crippen LogP contribution in [0.15, 0.2) is 48.5 Å². The highest BCUT2D eigenvalue weighted by Gasteiger charge is 2.02. The van der Waals surface area contributed by atoms with E-state index in [1.54, 1.807) is 12.1 Å². The molecule has 0 spiro atoms. The van der Waals surface area contributed by atoms with Crippen molar-refractivity contribution in [3.63, 3.8) is 0 Å². The third-order valence-corrected chi connectivity index (χ3v) is 2.97. The highest BCUT2D eigenvalue weighted by molar-refractivity contribution is 5.47. The molecule has 0 amide bonds. The number of hydrogen-bond acceptors (Lipinski definition) is 3. The minimum absolute atomic E-state index is 0.300. The first kappa shape index (κ1) is 12.5. The maximum Gasteiger partial charge on any atom is 0.115 e. The first-order valence-electron chi connectivity index (χ1n) is 5.97. The molecule has 0 fully saturated rings. The predicted molar refractivity (Wildman–Crippen MR) is 74.5 cm³/mol. The van der Waals surface area contributed by atoms with E-state index in [1.807, 2.05) is 31.3 Å². The van der Waals surface area contributed by atoms with Gasteiger partial charge in [-0.1, -0.05) is 24.3 Å². The fraction of sp³-hybridized carbons (Fsp3) is 0.200. The minimum atomic E-state index is 0.300. The number of nitrogens with two attached hydrogens (primary N) is 1. The van der Waals surface area contributed by atoms with Crippen LogP contribution in [0.5, 0.6) is 5.75 Å². The lowest BCUT2D eigenvalue weighted by Gasteiger charge is -2.19. The average molecular weight is 242 g/mol. The van der Waals surface area contributed by atoms with Gasteiger partial charge < -0.3 is 15.7 Å². The third kappa shape index (κ3) is 3.02. The van der Waals surface area contributed by atoms with Crippen molar-refractivity contribution < 1.29 is 5.11 Å². The van der Waals surface area contributed by atoms with Gasteiger partial charge in [-0.3, -0.25) is 0 Å². The van der Waals surface area contributed by atoms with Crippen LogP contribution < -0.4 is 10.6 Å². The van der Waals surface area contributed by atoms with Gasteiger partial charge in [0, 0.05) is 25.8 Å². The Bertz CT molecular complexity index is 491. The van der Waals surface area contributed by atoms with E-state index >= 15 is 0 Å². The predicted octanol–water partition coefficient (Wildman–Crippen LogP) is 2.49. The zero-order valence-electron chi connectivity index (χ0n) is 10.5. The van der Waals surface area contributed by atoms with Crippen molar-refractivity contribution in [1.29, 1.82) is 0 Å². The number of phenolic OH excluding ortho intramolecular Hbond substituents is 1. The van der Waals surface area contributed by atoms with Crippen LogP contribution in [-0.4, -0.2) is 12.2 Å². The lowest BCUT2D eigenvalue weighted by Crippen LogP contribution is -2.16. The molecule has 2 aromatic carbocycles. The van der Waals surface area contributed by atoms with Gasteiger partial charge in [0.05, 0.1) is 0 Å². The van der Waals surface area contributed by atoms with Crippen LogP contribution in [0, 0.1) is 0 Å². The number of benzene rings is 2. The second-order valence-corrected chi connectivity index (χ2v) is 4.39. The molecule has 18 heavy (non-hydrogen) atoms. The highest BCUT2D eigenvalue weighted by atomic mass is 16.3. The van der Waals surface area contributed by atoms with E-state index in [4.69, 9.17) is 5.73 Å². The van der Waals surface area contributed by atoms with Gasteiger partial charge in [0.15, 0.2) is 0 Å². The summed E-state index contributed by atoms with van der Waals surface area (Å²) in [7, 11) is 2.05. The molecule has 3 N–H and O–H groups in total. The average Bonchev–Trinajstić information content (AvgIpc) is 2.41. The summed E-state index contributed by atoms with van der Waals surface area (Å²) in [6.07, 6.45) is 0. The van der Waals surface area contributed by atoms with Gasteiger partial charge >= 0.3 is 0 Å². The largest absolute Gasteiger partial charge is 0.508 e. The number of anilines is 1. The number of nitrogens with zero attached hydrogens (tertiary/aromatic N) is 1. The van der Waals surface area contributed by atoms with Crippen molar-refractivity contribution in [2.45, 2.75) is 13.1 Å². The molecule has 0 aliphatic heterocycles. The molecule has 0 saturated carbocycles. The number of phenols is 1. The summed E-state index contributed by atoms with van der Waals surface area (Å²) in [5.74, 6) is 0.300. The lowest BCUT2D eigenvalue weighted by molar-refractivity contribution is 0.475. The summed E-state index contributed by atoms with van der Waals surface area (Å²) in [5, 5.41) is 9.24. The van der Waals surface area contributed by atoms with Crippen molar-refractivity contribution in [3.05, 3.63) is 59.7 Å². The fourth-order valence-corrected chi connectivity index (χ4v) is 1.85.